The van der Waals surface area contributed by atoms with Gasteiger partial charge in [0.2, 0.25) is 0 Å². The van der Waals surface area contributed by atoms with Crippen LogP contribution in [0.2, 0.25) is 0 Å². The van der Waals surface area contributed by atoms with Gasteiger partial charge in [-0.3, -0.25) is 4.84 Å². The smallest absolute Gasteiger partial charge is 0.175 e. The fourth-order valence-corrected chi connectivity index (χ4v) is 2.59. The van der Waals surface area contributed by atoms with E-state index >= 15 is 0 Å². The van der Waals surface area contributed by atoms with E-state index in [0.717, 1.165) is 11.4 Å². The molecular weight excluding hydrogens is 302 g/mol. The molecule has 1 aromatic carbocycles. The van der Waals surface area contributed by atoms with E-state index in [2.05, 4.69) is 31.3 Å². The van der Waals surface area contributed by atoms with E-state index in [1.807, 2.05) is 6.07 Å². The lowest BCUT2D eigenvalue weighted by molar-refractivity contribution is 0.267. The van der Waals surface area contributed by atoms with Crippen LogP contribution in [-0.4, -0.2) is 31.6 Å². The molecule has 0 saturated carbocycles. The molecule has 0 aliphatic carbocycles. The number of hydrogen-bond donors (Lipinski definition) is 1. The molecule has 120 valence electrons. The molecular formula is C15H21N3O3S. The van der Waals surface area contributed by atoms with E-state index < -0.39 is 9.84 Å². The Balaban J connectivity index is 2.49. The summed E-state index contributed by atoms with van der Waals surface area (Å²) < 4.78 is 24.8. The van der Waals surface area contributed by atoms with Crippen LogP contribution < -0.4 is 5.48 Å². The fourth-order valence-electron chi connectivity index (χ4n) is 1.96. The quantitative estimate of drug-likeness (QED) is 0.875. The first kappa shape index (κ1) is 16.5. The number of benzene rings is 1. The van der Waals surface area contributed by atoms with Crippen LogP contribution >= 0.6 is 0 Å². The molecule has 7 heteroatoms. The third-order valence-corrected chi connectivity index (χ3v) is 4.32. The topological polar surface area (TPSA) is 73.2 Å². The molecule has 22 heavy (non-hydrogen) atoms. The van der Waals surface area contributed by atoms with Gasteiger partial charge < -0.3 is 0 Å². The van der Waals surface area contributed by atoms with Crippen LogP contribution in [0, 0.1) is 0 Å². The molecule has 2 rings (SSSR count). The Labute approximate surface area is 131 Å². The molecule has 0 spiro atoms. The maximum Gasteiger partial charge on any atom is 0.175 e. The number of anilines is 1. The number of hydrogen-bond acceptors (Lipinski definition) is 5. The molecule has 0 amide bonds. The van der Waals surface area contributed by atoms with Crippen molar-refractivity contribution in [2.75, 3.05) is 18.8 Å². The first-order valence-electron chi connectivity index (χ1n) is 6.83. The standard InChI is InChI=1S/C15H21N3O3S/c1-15(2,3)13-10-14(17-21-4)18(16-13)11-6-8-12(9-7-11)22(5,19)20/h6-10,17H,1-5H3. The third-order valence-electron chi connectivity index (χ3n) is 3.19. The van der Waals surface area contributed by atoms with Gasteiger partial charge in [-0.15, -0.1) is 0 Å². The van der Waals surface area contributed by atoms with Crippen LogP contribution in [0.1, 0.15) is 26.5 Å². The Morgan fingerprint density at radius 2 is 1.77 bits per heavy atom. The summed E-state index contributed by atoms with van der Waals surface area (Å²) in [5.74, 6) is 0.680. The normalized spacial score (nSPS) is 12.4. The highest BCUT2D eigenvalue weighted by molar-refractivity contribution is 7.90. The van der Waals surface area contributed by atoms with Gasteiger partial charge in [0, 0.05) is 17.7 Å². The number of aromatic nitrogens is 2. The van der Waals surface area contributed by atoms with Crippen molar-refractivity contribution in [2.45, 2.75) is 31.1 Å². The summed E-state index contributed by atoms with van der Waals surface area (Å²) in [6.45, 7) is 6.22. The Bertz CT molecular complexity index is 756. The molecule has 2 aromatic rings. The average molecular weight is 323 g/mol. The summed E-state index contributed by atoms with van der Waals surface area (Å²) >= 11 is 0. The van der Waals surface area contributed by atoms with Gasteiger partial charge in [-0.25, -0.2) is 18.6 Å². The minimum atomic E-state index is -3.21. The lowest BCUT2D eigenvalue weighted by Gasteiger charge is -2.14. The van der Waals surface area contributed by atoms with Crippen LogP contribution in [0.5, 0.6) is 0 Å². The fraction of sp³-hybridized carbons (Fsp3) is 0.400. The molecule has 0 bridgehead atoms. The van der Waals surface area contributed by atoms with Crippen LogP contribution in [0.25, 0.3) is 5.69 Å². The number of nitrogens with one attached hydrogen (secondary N) is 1. The number of sulfone groups is 1. The van der Waals surface area contributed by atoms with Gasteiger partial charge in [-0.1, -0.05) is 20.8 Å². The monoisotopic (exact) mass is 323 g/mol. The van der Waals surface area contributed by atoms with Gasteiger partial charge in [0.15, 0.2) is 15.7 Å². The number of nitrogens with zero attached hydrogens (tertiary/aromatic N) is 2. The van der Waals surface area contributed by atoms with Crippen LogP contribution in [0.15, 0.2) is 35.2 Å². The van der Waals surface area contributed by atoms with E-state index in [4.69, 9.17) is 4.84 Å². The summed E-state index contributed by atoms with van der Waals surface area (Å²) in [5.41, 5.74) is 4.34. The zero-order valence-electron chi connectivity index (χ0n) is 13.4. The SMILES string of the molecule is CONc1cc(C(C)(C)C)nn1-c1ccc(S(C)(=O)=O)cc1. The lowest BCUT2D eigenvalue weighted by atomic mass is 9.92. The Hall–Kier alpha value is -1.86. The Morgan fingerprint density at radius 3 is 2.23 bits per heavy atom. The highest BCUT2D eigenvalue weighted by Gasteiger charge is 2.20. The van der Waals surface area contributed by atoms with Crippen LogP contribution in [-0.2, 0) is 20.1 Å². The predicted molar refractivity (Wildman–Crippen MR) is 86.0 cm³/mol. The second-order valence-corrected chi connectivity index (χ2v) is 8.16. The summed E-state index contributed by atoms with van der Waals surface area (Å²) in [6, 6.07) is 8.49. The average Bonchev–Trinajstić information content (AvgIpc) is 2.82. The van der Waals surface area contributed by atoms with E-state index in [-0.39, 0.29) is 10.3 Å². The predicted octanol–water partition coefficient (Wildman–Crippen LogP) is 2.55. The van der Waals surface area contributed by atoms with E-state index in [9.17, 15) is 8.42 Å². The Morgan fingerprint density at radius 1 is 1.18 bits per heavy atom. The maximum atomic E-state index is 11.5. The van der Waals surface area contributed by atoms with Gasteiger partial charge in [0.25, 0.3) is 0 Å². The molecule has 0 saturated heterocycles. The third kappa shape index (κ3) is 3.48. The van der Waals surface area contributed by atoms with Crippen molar-refractivity contribution < 1.29 is 13.3 Å². The van der Waals surface area contributed by atoms with Crippen molar-refractivity contribution in [3.63, 3.8) is 0 Å². The van der Waals surface area contributed by atoms with E-state index in [0.29, 0.717) is 5.82 Å². The van der Waals surface area contributed by atoms with Gasteiger partial charge in [-0.2, -0.15) is 5.10 Å². The lowest BCUT2D eigenvalue weighted by Crippen LogP contribution is -2.12. The highest BCUT2D eigenvalue weighted by atomic mass is 32.2. The van der Waals surface area contributed by atoms with Gasteiger partial charge in [0.05, 0.1) is 23.4 Å². The molecule has 6 nitrogen and oxygen atoms in total. The minimum absolute atomic E-state index is 0.109. The Kier molecular flexibility index (Phi) is 4.30. The first-order chi connectivity index (χ1) is 10.1. The van der Waals surface area contributed by atoms with Crippen molar-refractivity contribution in [3.05, 3.63) is 36.0 Å². The maximum absolute atomic E-state index is 11.5. The van der Waals surface area contributed by atoms with Crippen molar-refractivity contribution >= 4 is 15.7 Å². The molecule has 0 unspecified atom stereocenters. The first-order valence-corrected chi connectivity index (χ1v) is 8.72. The molecule has 0 fully saturated rings. The van der Waals surface area contributed by atoms with Crippen molar-refractivity contribution in [2.24, 2.45) is 0 Å². The van der Waals surface area contributed by atoms with E-state index in [1.165, 1.54) is 13.4 Å². The second kappa shape index (κ2) is 5.73. The van der Waals surface area contributed by atoms with Crippen molar-refractivity contribution in [1.82, 2.24) is 9.78 Å². The summed E-state index contributed by atoms with van der Waals surface area (Å²) in [5, 5.41) is 4.59. The van der Waals surface area contributed by atoms with Crippen molar-refractivity contribution in [1.29, 1.82) is 0 Å². The molecule has 0 aliphatic heterocycles. The molecule has 1 heterocycles. The van der Waals surface area contributed by atoms with Gasteiger partial charge in [-0.05, 0) is 24.3 Å². The van der Waals surface area contributed by atoms with Gasteiger partial charge >= 0.3 is 0 Å². The van der Waals surface area contributed by atoms with Gasteiger partial charge in [0.1, 0.15) is 0 Å². The number of rotatable bonds is 4. The highest BCUT2D eigenvalue weighted by Crippen LogP contribution is 2.26. The van der Waals surface area contributed by atoms with Crippen LogP contribution in [0.3, 0.4) is 0 Å². The largest absolute Gasteiger partial charge is 0.278 e. The van der Waals surface area contributed by atoms with Crippen molar-refractivity contribution in [3.8, 4) is 5.69 Å². The van der Waals surface area contributed by atoms with E-state index in [1.54, 1.807) is 28.9 Å². The minimum Gasteiger partial charge on any atom is -0.278 e. The summed E-state index contributed by atoms with van der Waals surface area (Å²) in [6.07, 6.45) is 1.19. The van der Waals surface area contributed by atoms with Crippen LogP contribution in [0.4, 0.5) is 5.82 Å². The molecule has 0 aliphatic rings. The second-order valence-electron chi connectivity index (χ2n) is 6.15. The molecule has 1 aromatic heterocycles. The molecule has 1 N–H and O–H groups in total. The molecule has 0 radical (unpaired) electrons. The zero-order chi connectivity index (χ0) is 16.5. The zero-order valence-corrected chi connectivity index (χ0v) is 14.2. The summed E-state index contributed by atoms with van der Waals surface area (Å²) in [4.78, 5) is 5.27. The molecule has 0 atom stereocenters. The summed E-state index contributed by atoms with van der Waals surface area (Å²) in [7, 11) is -1.68.